The highest BCUT2D eigenvalue weighted by atomic mass is 31.2. The van der Waals surface area contributed by atoms with E-state index in [1.54, 1.807) is 6.08 Å². The molecule has 70 heavy (non-hydrogen) atoms. The third-order valence-corrected chi connectivity index (χ3v) is 12.4. The van der Waals surface area contributed by atoms with Crippen LogP contribution in [0.4, 0.5) is 0 Å². The first-order valence-corrected chi connectivity index (χ1v) is 29.1. The lowest BCUT2D eigenvalue weighted by Gasteiger charge is -2.25. The Labute approximate surface area is 430 Å². The van der Waals surface area contributed by atoms with Gasteiger partial charge in [0.05, 0.1) is 39.9 Å². The number of amides is 1. The monoisotopic (exact) mass is 992 g/mol. The molecule has 0 aliphatic carbocycles. The molecule has 0 rings (SSSR count). The van der Waals surface area contributed by atoms with Crippen LogP contribution in [0.25, 0.3) is 0 Å². The van der Waals surface area contributed by atoms with E-state index < -0.39 is 20.0 Å². The Kier molecular flexibility index (Phi) is 48.1. The van der Waals surface area contributed by atoms with E-state index in [0.717, 1.165) is 96.3 Å². The predicted octanol–water partition coefficient (Wildman–Crippen LogP) is 16.8. The summed E-state index contributed by atoms with van der Waals surface area (Å²) in [5.74, 6) is -0.225. The molecule has 8 nitrogen and oxygen atoms in total. The summed E-state index contributed by atoms with van der Waals surface area (Å²) in [4.78, 5) is 23.2. The van der Waals surface area contributed by atoms with Crippen molar-refractivity contribution in [2.75, 3.05) is 40.9 Å². The Morgan fingerprint density at radius 2 is 0.857 bits per heavy atom. The van der Waals surface area contributed by atoms with Gasteiger partial charge in [-0.15, -0.1) is 0 Å². The minimum absolute atomic E-state index is 0.0453. The second kappa shape index (κ2) is 50.6. The van der Waals surface area contributed by atoms with Crippen LogP contribution < -0.4 is 5.32 Å². The fourth-order valence-electron chi connectivity index (χ4n) is 7.07. The lowest BCUT2D eigenvalue weighted by molar-refractivity contribution is -0.870. The van der Waals surface area contributed by atoms with Gasteiger partial charge in [-0.25, -0.2) is 4.57 Å². The van der Waals surface area contributed by atoms with Crippen molar-refractivity contribution in [3.63, 3.8) is 0 Å². The van der Waals surface area contributed by atoms with Crippen molar-refractivity contribution in [1.29, 1.82) is 0 Å². The number of likely N-dealkylation sites (N-methyl/N-ethyl adjacent to an activating group) is 1. The highest BCUT2D eigenvalue weighted by Gasteiger charge is 2.27. The summed E-state index contributed by atoms with van der Waals surface area (Å²) in [6.45, 7) is 4.64. The molecule has 0 spiro atoms. The number of carbonyl (C=O) groups is 1. The lowest BCUT2D eigenvalue weighted by atomic mass is 10.0. The summed E-state index contributed by atoms with van der Waals surface area (Å²) in [5.41, 5.74) is 0. The second-order valence-electron chi connectivity index (χ2n) is 19.2. The number of unbranched alkanes of at least 4 members (excludes halogenated alkanes) is 15. The summed E-state index contributed by atoms with van der Waals surface area (Å²) >= 11 is 0. The zero-order chi connectivity index (χ0) is 51.3. The molecule has 0 aromatic rings. The van der Waals surface area contributed by atoms with E-state index in [0.29, 0.717) is 23.9 Å². The topological polar surface area (TPSA) is 105 Å². The van der Waals surface area contributed by atoms with Crippen LogP contribution in [0.2, 0.25) is 0 Å². The Hall–Kier alpha value is -3.36. The first-order chi connectivity index (χ1) is 34.0. The molecule has 3 atom stereocenters. The molecule has 398 valence electrons. The van der Waals surface area contributed by atoms with Crippen molar-refractivity contribution < 1.29 is 32.9 Å². The maximum atomic E-state index is 12.9. The van der Waals surface area contributed by atoms with Gasteiger partial charge in [0.25, 0.3) is 0 Å². The smallest absolute Gasteiger partial charge is 0.387 e. The molecule has 1 amide bonds. The number of rotatable bonds is 48. The molecular weight excluding hydrogens is 888 g/mol. The number of carbonyl (C=O) groups excluding carboxylic acids is 1. The van der Waals surface area contributed by atoms with Gasteiger partial charge in [-0.3, -0.25) is 13.8 Å². The molecule has 9 heteroatoms. The van der Waals surface area contributed by atoms with Crippen molar-refractivity contribution in [1.82, 2.24) is 5.32 Å². The maximum Gasteiger partial charge on any atom is 0.472 e. The Bertz CT molecular complexity index is 1590. The predicted molar refractivity (Wildman–Crippen MR) is 304 cm³/mol. The third kappa shape index (κ3) is 52.5. The fourth-order valence-corrected chi connectivity index (χ4v) is 7.80. The zero-order valence-corrected chi connectivity index (χ0v) is 46.1. The van der Waals surface area contributed by atoms with Gasteiger partial charge in [0.2, 0.25) is 5.91 Å². The molecule has 0 aromatic carbocycles. The van der Waals surface area contributed by atoms with E-state index >= 15 is 0 Å². The molecule has 3 N–H and O–H groups in total. The van der Waals surface area contributed by atoms with Crippen LogP contribution >= 0.6 is 7.82 Å². The van der Waals surface area contributed by atoms with Crippen molar-refractivity contribution in [3.8, 4) is 0 Å². The quantitative estimate of drug-likeness (QED) is 0.0243. The minimum Gasteiger partial charge on any atom is -0.387 e. The third-order valence-electron chi connectivity index (χ3n) is 11.4. The molecule has 0 aliphatic heterocycles. The lowest BCUT2D eigenvalue weighted by Crippen LogP contribution is -2.45. The van der Waals surface area contributed by atoms with Gasteiger partial charge < -0.3 is 19.8 Å². The number of aliphatic hydroxyl groups is 1. The van der Waals surface area contributed by atoms with Crippen molar-refractivity contribution in [3.05, 3.63) is 134 Å². The highest BCUT2D eigenvalue weighted by molar-refractivity contribution is 7.47. The molecular formula is C61H104N2O6P+. The summed E-state index contributed by atoms with van der Waals surface area (Å²) in [6, 6.07) is -0.880. The Morgan fingerprint density at radius 1 is 0.500 bits per heavy atom. The molecule has 3 unspecified atom stereocenters. The molecule has 0 heterocycles. The van der Waals surface area contributed by atoms with Gasteiger partial charge in [-0.1, -0.05) is 225 Å². The summed E-state index contributed by atoms with van der Waals surface area (Å²) in [6.07, 6.45) is 76.9. The largest absolute Gasteiger partial charge is 0.472 e. The van der Waals surface area contributed by atoms with E-state index in [1.165, 1.54) is 70.6 Å². The average Bonchev–Trinajstić information content (AvgIpc) is 3.32. The average molecular weight is 992 g/mol. The summed E-state index contributed by atoms with van der Waals surface area (Å²) in [5, 5.41) is 13.9. The number of hydrogen-bond donors (Lipinski definition) is 3. The minimum atomic E-state index is -4.37. The van der Waals surface area contributed by atoms with E-state index in [-0.39, 0.29) is 19.1 Å². The fraction of sp³-hybridized carbons (Fsp3) is 0.623. The Balaban J connectivity index is 4.35. The number of nitrogens with zero attached hydrogens (tertiary/aromatic N) is 1. The van der Waals surface area contributed by atoms with Gasteiger partial charge in [0.1, 0.15) is 13.2 Å². The zero-order valence-electron chi connectivity index (χ0n) is 45.2. The van der Waals surface area contributed by atoms with Crippen LogP contribution in [-0.4, -0.2) is 73.4 Å². The van der Waals surface area contributed by atoms with Crippen LogP contribution in [0, 0.1) is 0 Å². The van der Waals surface area contributed by atoms with Crippen LogP contribution in [0.3, 0.4) is 0 Å². The SMILES string of the molecule is CC/C=C\C/C=C\C/C=C\C/C=C\C/C=C\C/C=C\C/C=C\C/C=C\C/C=C\C/C=C\CCCCC(=O)NC(COP(=O)(O)OCC[N+](C)(C)C)C(O)/C=C/CCCCCCCCCCCCCCC. The summed E-state index contributed by atoms with van der Waals surface area (Å²) < 4.78 is 23.6. The van der Waals surface area contributed by atoms with Gasteiger partial charge in [-0.2, -0.15) is 0 Å². The molecule has 0 bridgehead atoms. The van der Waals surface area contributed by atoms with Crippen LogP contribution in [0.1, 0.15) is 194 Å². The standard InChI is InChI=1S/C61H103N2O6P/c1-6-8-10-12-14-16-18-20-22-23-24-25-26-27-28-29-30-31-32-33-34-35-36-37-38-39-41-43-45-47-49-51-53-55-61(65)62-59(58-69-70(66,67)68-57-56-63(3,4)5)60(64)54-52-50-48-46-44-42-40-21-19-17-15-13-11-9-7-2/h8,10,14,16,20,22,24-25,27-28,30-31,33-34,36-37,39,41,45,47,52,54,59-60,64H,6-7,9,11-13,15,17-19,21,23,26,29,32,35,38,40,42-44,46,48-51,53,55-58H2,1-5H3,(H-,62,65,66,67)/p+1/b10-8-,16-14-,22-20-,25-24-,28-27-,31-30-,34-33-,37-36-,41-39-,47-45-,54-52+. The number of quaternary nitrogens is 1. The van der Waals surface area contributed by atoms with Gasteiger partial charge >= 0.3 is 7.82 Å². The number of aliphatic hydroxyl groups excluding tert-OH is 1. The number of hydrogen-bond acceptors (Lipinski definition) is 5. The number of allylic oxidation sites excluding steroid dienone is 21. The Morgan fingerprint density at radius 3 is 1.26 bits per heavy atom. The number of nitrogens with one attached hydrogen (secondary N) is 1. The first-order valence-electron chi connectivity index (χ1n) is 27.6. The van der Waals surface area contributed by atoms with Crippen molar-refractivity contribution in [2.45, 2.75) is 206 Å². The van der Waals surface area contributed by atoms with Gasteiger partial charge in [0, 0.05) is 6.42 Å². The number of phosphoric ester groups is 1. The molecule has 0 radical (unpaired) electrons. The van der Waals surface area contributed by atoms with Gasteiger partial charge in [0.15, 0.2) is 0 Å². The van der Waals surface area contributed by atoms with E-state index in [2.05, 4.69) is 141 Å². The van der Waals surface area contributed by atoms with E-state index in [9.17, 15) is 19.4 Å². The number of phosphoric acid groups is 1. The van der Waals surface area contributed by atoms with Crippen molar-refractivity contribution >= 4 is 13.7 Å². The summed E-state index contributed by atoms with van der Waals surface area (Å²) in [7, 11) is 1.52. The van der Waals surface area contributed by atoms with E-state index in [4.69, 9.17) is 9.05 Å². The highest BCUT2D eigenvalue weighted by Crippen LogP contribution is 2.43. The van der Waals surface area contributed by atoms with Crippen LogP contribution in [-0.2, 0) is 18.4 Å². The molecule has 0 saturated heterocycles. The van der Waals surface area contributed by atoms with E-state index in [1.807, 2.05) is 27.2 Å². The van der Waals surface area contributed by atoms with Gasteiger partial charge in [-0.05, 0) is 96.3 Å². The maximum absolute atomic E-state index is 12.9. The van der Waals surface area contributed by atoms with Crippen LogP contribution in [0.5, 0.6) is 0 Å². The molecule has 0 aliphatic rings. The molecule has 0 aromatic heterocycles. The van der Waals surface area contributed by atoms with Crippen molar-refractivity contribution in [2.24, 2.45) is 0 Å². The molecule has 0 saturated carbocycles. The molecule has 0 fully saturated rings. The normalized spacial score (nSPS) is 15.0. The van der Waals surface area contributed by atoms with Crippen LogP contribution in [0.15, 0.2) is 134 Å². The first kappa shape index (κ1) is 66.6. The second-order valence-corrected chi connectivity index (χ2v) is 20.7.